The third kappa shape index (κ3) is 3.64. The van der Waals surface area contributed by atoms with E-state index in [-0.39, 0.29) is 31.0 Å². The number of nitrogens with zero attached hydrogens (tertiary/aromatic N) is 5. The van der Waals surface area contributed by atoms with Gasteiger partial charge in [-0.05, 0) is 24.6 Å². The van der Waals surface area contributed by atoms with E-state index in [4.69, 9.17) is 8.94 Å². The molecule has 3 aromatic rings. The van der Waals surface area contributed by atoms with Crippen LogP contribution in [-0.2, 0) is 25.7 Å². The summed E-state index contributed by atoms with van der Waals surface area (Å²) in [5.41, 5.74) is 2.08. The van der Waals surface area contributed by atoms with E-state index in [0.717, 1.165) is 16.5 Å². The Morgan fingerprint density at radius 1 is 1.21 bits per heavy atom. The molecule has 1 unspecified atom stereocenters. The lowest BCUT2D eigenvalue weighted by atomic mass is 10.0. The van der Waals surface area contributed by atoms with E-state index in [9.17, 15) is 19.2 Å². The van der Waals surface area contributed by atoms with Crippen LogP contribution in [0.2, 0.25) is 0 Å². The molecule has 1 fully saturated rings. The average Bonchev–Trinajstić information content (AvgIpc) is 3.45. The number of aryl methyl sites for hydroxylation is 1. The highest BCUT2D eigenvalue weighted by Crippen LogP contribution is 2.25. The molecule has 12 nitrogen and oxygen atoms in total. The molecule has 12 heteroatoms. The summed E-state index contributed by atoms with van der Waals surface area (Å²) in [6.07, 6.45) is 1.31. The second-order valence-corrected chi connectivity index (χ2v) is 7.79. The molecule has 1 aromatic carbocycles. The molecular formula is C21H18N6O6. The molecule has 1 N–H and O–H groups in total. The lowest BCUT2D eigenvalue weighted by Crippen LogP contribution is -2.54. The Hall–Kier alpha value is -4.35. The zero-order valence-electron chi connectivity index (χ0n) is 17.7. The predicted octanol–water partition coefficient (Wildman–Crippen LogP) is 0.676. The summed E-state index contributed by atoms with van der Waals surface area (Å²) >= 11 is 0. The van der Waals surface area contributed by atoms with Gasteiger partial charge in [0.25, 0.3) is 11.8 Å². The largest absolute Gasteiger partial charge is 0.441 e. The van der Waals surface area contributed by atoms with Crippen LogP contribution in [0.1, 0.15) is 24.6 Å². The summed E-state index contributed by atoms with van der Waals surface area (Å²) in [6.45, 7) is 1.82. The molecule has 0 radical (unpaired) electrons. The number of imide groups is 2. The summed E-state index contributed by atoms with van der Waals surface area (Å²) in [5, 5.41) is 6.14. The van der Waals surface area contributed by atoms with Gasteiger partial charge in [-0.2, -0.15) is 4.98 Å². The molecule has 0 aliphatic carbocycles. The maximum absolute atomic E-state index is 12.9. The minimum atomic E-state index is -1.02. The van der Waals surface area contributed by atoms with Crippen LogP contribution in [0.25, 0.3) is 22.5 Å². The van der Waals surface area contributed by atoms with E-state index in [0.29, 0.717) is 22.9 Å². The van der Waals surface area contributed by atoms with Crippen LogP contribution >= 0.6 is 0 Å². The minimum absolute atomic E-state index is 0.0584. The Kier molecular flexibility index (Phi) is 4.77. The SMILES string of the molecule is Cc1nc2ccc(-c3noc(CN(C)C4=CC(=O)N(C5CCC(=O)NC5=O)C4=O)n3)cc2o1. The third-order valence-corrected chi connectivity index (χ3v) is 5.46. The summed E-state index contributed by atoms with van der Waals surface area (Å²) in [7, 11) is 1.60. The third-order valence-electron chi connectivity index (χ3n) is 5.46. The van der Waals surface area contributed by atoms with Gasteiger partial charge in [0.2, 0.25) is 23.5 Å². The van der Waals surface area contributed by atoms with Gasteiger partial charge in [-0.3, -0.25) is 29.4 Å². The fourth-order valence-electron chi connectivity index (χ4n) is 3.87. The van der Waals surface area contributed by atoms with Gasteiger partial charge in [0.05, 0.1) is 6.54 Å². The number of aromatic nitrogens is 3. The molecular weight excluding hydrogens is 432 g/mol. The maximum atomic E-state index is 12.9. The number of hydrogen-bond acceptors (Lipinski definition) is 10. The first kappa shape index (κ1) is 20.5. The number of nitrogens with one attached hydrogen (secondary N) is 1. The fraction of sp³-hybridized carbons (Fsp3) is 0.286. The molecule has 2 aromatic heterocycles. The molecule has 4 amide bonds. The van der Waals surface area contributed by atoms with Gasteiger partial charge < -0.3 is 13.8 Å². The lowest BCUT2D eigenvalue weighted by molar-refractivity contribution is -0.150. The molecule has 0 saturated carbocycles. The van der Waals surface area contributed by atoms with Gasteiger partial charge in [0.1, 0.15) is 17.3 Å². The van der Waals surface area contributed by atoms with Crippen LogP contribution in [-0.4, -0.2) is 61.6 Å². The predicted molar refractivity (Wildman–Crippen MR) is 110 cm³/mol. The molecule has 2 aliphatic rings. The Bertz CT molecular complexity index is 1350. The number of rotatable bonds is 5. The summed E-state index contributed by atoms with van der Waals surface area (Å²) < 4.78 is 10.8. The van der Waals surface area contributed by atoms with Crippen LogP contribution in [0.4, 0.5) is 0 Å². The molecule has 168 valence electrons. The monoisotopic (exact) mass is 450 g/mol. The standard InChI is InChI=1S/C21H18N6O6/c1-10-22-12-4-3-11(7-15(12)32-10)19-24-17(33-25-19)9-26(2)14-8-18(29)27(21(14)31)13-5-6-16(28)23-20(13)30/h3-4,7-8,13H,5-6,9H2,1-2H3,(H,23,28,30). The minimum Gasteiger partial charge on any atom is -0.441 e. The number of benzene rings is 1. The zero-order chi connectivity index (χ0) is 23.3. The smallest absolute Gasteiger partial charge is 0.277 e. The molecule has 1 atom stereocenters. The van der Waals surface area contributed by atoms with Crippen molar-refractivity contribution in [3.8, 4) is 11.4 Å². The van der Waals surface area contributed by atoms with E-state index < -0.39 is 29.7 Å². The molecule has 0 bridgehead atoms. The molecule has 5 rings (SSSR count). The van der Waals surface area contributed by atoms with Crippen LogP contribution < -0.4 is 5.32 Å². The number of fused-ring (bicyclic) bond motifs is 1. The maximum Gasteiger partial charge on any atom is 0.277 e. The van der Waals surface area contributed by atoms with Crippen LogP contribution in [0.15, 0.2) is 38.9 Å². The quantitative estimate of drug-likeness (QED) is 0.549. The van der Waals surface area contributed by atoms with Gasteiger partial charge in [-0.1, -0.05) is 5.16 Å². The highest BCUT2D eigenvalue weighted by molar-refractivity contribution is 6.18. The first-order valence-corrected chi connectivity index (χ1v) is 10.1. The van der Waals surface area contributed by atoms with Crippen molar-refractivity contribution < 1.29 is 28.1 Å². The van der Waals surface area contributed by atoms with Crippen molar-refractivity contribution >= 4 is 34.7 Å². The summed E-state index contributed by atoms with van der Waals surface area (Å²) in [5.74, 6) is -1.21. The van der Waals surface area contributed by atoms with Crippen molar-refractivity contribution in [2.45, 2.75) is 32.4 Å². The lowest BCUT2D eigenvalue weighted by Gasteiger charge is -2.29. The Morgan fingerprint density at radius 3 is 2.82 bits per heavy atom. The summed E-state index contributed by atoms with van der Waals surface area (Å²) in [4.78, 5) is 59.8. The molecule has 4 heterocycles. The van der Waals surface area contributed by atoms with Crippen LogP contribution in [0.5, 0.6) is 0 Å². The molecule has 33 heavy (non-hydrogen) atoms. The number of hydrogen-bond donors (Lipinski definition) is 1. The van der Waals surface area contributed by atoms with Gasteiger partial charge >= 0.3 is 0 Å². The van der Waals surface area contributed by atoms with Gasteiger partial charge in [-0.25, -0.2) is 4.98 Å². The van der Waals surface area contributed by atoms with Gasteiger partial charge in [0, 0.05) is 32.0 Å². The number of carbonyl (C=O) groups excluding carboxylic acids is 4. The number of carbonyl (C=O) groups is 4. The number of likely N-dealkylation sites (N-methyl/N-ethyl adjacent to an activating group) is 1. The van der Waals surface area contributed by atoms with Crippen LogP contribution in [0.3, 0.4) is 0 Å². The van der Waals surface area contributed by atoms with Crippen molar-refractivity contribution in [3.05, 3.63) is 41.8 Å². The normalized spacial score (nSPS) is 18.8. The van der Waals surface area contributed by atoms with Crippen molar-refractivity contribution in [2.24, 2.45) is 0 Å². The van der Waals surface area contributed by atoms with Gasteiger partial charge in [-0.15, -0.1) is 0 Å². The first-order valence-electron chi connectivity index (χ1n) is 10.1. The first-order chi connectivity index (χ1) is 15.8. The number of oxazole rings is 1. The summed E-state index contributed by atoms with van der Waals surface area (Å²) in [6, 6.07) is 4.32. The van der Waals surface area contributed by atoms with E-state index in [2.05, 4.69) is 20.4 Å². The second kappa shape index (κ2) is 7.65. The fourth-order valence-corrected chi connectivity index (χ4v) is 3.87. The number of amides is 4. The number of piperidine rings is 1. The Labute approximate surface area is 186 Å². The molecule has 1 saturated heterocycles. The second-order valence-electron chi connectivity index (χ2n) is 7.79. The average molecular weight is 450 g/mol. The van der Waals surface area contributed by atoms with Crippen molar-refractivity contribution in [1.29, 1.82) is 0 Å². The van der Waals surface area contributed by atoms with E-state index in [1.807, 2.05) is 0 Å². The van der Waals surface area contributed by atoms with E-state index >= 15 is 0 Å². The topological polar surface area (TPSA) is 152 Å². The van der Waals surface area contributed by atoms with Crippen LogP contribution in [0, 0.1) is 6.92 Å². The van der Waals surface area contributed by atoms with Gasteiger partial charge in [0.15, 0.2) is 11.5 Å². The van der Waals surface area contributed by atoms with E-state index in [1.165, 1.54) is 4.90 Å². The van der Waals surface area contributed by atoms with E-state index in [1.54, 1.807) is 32.2 Å². The van der Waals surface area contributed by atoms with Crippen molar-refractivity contribution in [3.63, 3.8) is 0 Å². The Morgan fingerprint density at radius 2 is 2.03 bits per heavy atom. The van der Waals surface area contributed by atoms with Crippen molar-refractivity contribution in [1.82, 2.24) is 30.2 Å². The highest BCUT2D eigenvalue weighted by Gasteiger charge is 2.43. The molecule has 0 spiro atoms. The highest BCUT2D eigenvalue weighted by atomic mass is 16.5. The Balaban J connectivity index is 1.30. The molecule has 2 aliphatic heterocycles. The zero-order valence-corrected chi connectivity index (χ0v) is 17.7. The van der Waals surface area contributed by atoms with Crippen molar-refractivity contribution in [2.75, 3.05) is 7.05 Å².